The third-order valence-corrected chi connectivity index (χ3v) is 5.46. The molecular formula is C23H27ClN2. The molecule has 1 aliphatic heterocycles. The molecular weight excluding hydrogens is 340 g/mol. The van der Waals surface area contributed by atoms with E-state index in [0.717, 1.165) is 12.5 Å². The van der Waals surface area contributed by atoms with Crippen molar-refractivity contribution < 1.29 is 0 Å². The maximum Gasteiger partial charge on any atom is 0.0342 e. The van der Waals surface area contributed by atoms with Crippen LogP contribution in [-0.2, 0) is 0 Å². The van der Waals surface area contributed by atoms with Gasteiger partial charge in [-0.3, -0.25) is 9.88 Å². The predicted octanol–water partition coefficient (Wildman–Crippen LogP) is 5.48. The highest BCUT2D eigenvalue weighted by Gasteiger charge is 2.21. The predicted molar refractivity (Wildman–Crippen MR) is 112 cm³/mol. The quantitative estimate of drug-likeness (QED) is 0.712. The molecule has 1 aliphatic carbocycles. The molecule has 0 saturated heterocycles. The summed E-state index contributed by atoms with van der Waals surface area (Å²) in [5.74, 6) is 0.770. The molecule has 1 atom stereocenters. The van der Waals surface area contributed by atoms with Crippen molar-refractivity contribution in [3.63, 3.8) is 0 Å². The summed E-state index contributed by atoms with van der Waals surface area (Å²) in [6.07, 6.45) is 13.6. The van der Waals surface area contributed by atoms with E-state index in [4.69, 9.17) is 0 Å². The van der Waals surface area contributed by atoms with Gasteiger partial charge < -0.3 is 0 Å². The number of aromatic nitrogens is 1. The second-order valence-electron chi connectivity index (χ2n) is 7.22. The van der Waals surface area contributed by atoms with E-state index in [9.17, 15) is 0 Å². The maximum atomic E-state index is 4.28. The second-order valence-corrected chi connectivity index (χ2v) is 7.22. The lowest BCUT2D eigenvalue weighted by Gasteiger charge is -2.32. The monoisotopic (exact) mass is 366 g/mol. The summed E-state index contributed by atoms with van der Waals surface area (Å²) in [6.45, 7) is 3.49. The number of allylic oxidation sites excluding steroid dienone is 2. The van der Waals surface area contributed by atoms with E-state index in [1.807, 2.05) is 18.5 Å². The van der Waals surface area contributed by atoms with E-state index in [2.05, 4.69) is 58.4 Å². The van der Waals surface area contributed by atoms with Crippen LogP contribution in [0.2, 0.25) is 0 Å². The lowest BCUT2D eigenvalue weighted by Crippen LogP contribution is -2.33. The minimum Gasteiger partial charge on any atom is -0.299 e. The summed E-state index contributed by atoms with van der Waals surface area (Å²) in [5, 5.41) is 0. The van der Waals surface area contributed by atoms with Crippen LogP contribution in [-0.4, -0.2) is 29.5 Å². The van der Waals surface area contributed by atoms with E-state index in [-0.39, 0.29) is 12.4 Å². The van der Waals surface area contributed by atoms with E-state index < -0.39 is 0 Å². The number of nitrogens with zero attached hydrogens (tertiary/aromatic N) is 2. The highest BCUT2D eigenvalue weighted by atomic mass is 35.5. The number of rotatable bonds is 4. The summed E-state index contributed by atoms with van der Waals surface area (Å²) < 4.78 is 0. The Balaban J connectivity index is 0.00000196. The third kappa shape index (κ3) is 4.63. The van der Waals surface area contributed by atoms with Gasteiger partial charge in [-0.2, -0.15) is 0 Å². The van der Waals surface area contributed by atoms with Gasteiger partial charge in [0.1, 0.15) is 0 Å². The first-order valence-electron chi connectivity index (χ1n) is 9.45. The van der Waals surface area contributed by atoms with Crippen molar-refractivity contribution in [1.29, 1.82) is 0 Å². The van der Waals surface area contributed by atoms with Gasteiger partial charge >= 0.3 is 0 Å². The molecule has 0 amide bonds. The van der Waals surface area contributed by atoms with Crippen LogP contribution < -0.4 is 0 Å². The topological polar surface area (TPSA) is 16.1 Å². The fraction of sp³-hybridized carbons (Fsp3) is 0.348. The molecule has 1 aromatic heterocycles. The molecule has 0 radical (unpaired) electrons. The van der Waals surface area contributed by atoms with Crippen LogP contribution in [0.4, 0.5) is 0 Å². The summed E-state index contributed by atoms with van der Waals surface area (Å²) in [6, 6.07) is 15.1. The van der Waals surface area contributed by atoms with E-state index in [0.29, 0.717) is 0 Å². The Hall–Kier alpha value is -1.90. The van der Waals surface area contributed by atoms with Gasteiger partial charge in [0.05, 0.1) is 0 Å². The van der Waals surface area contributed by atoms with Crippen molar-refractivity contribution >= 4 is 23.6 Å². The second kappa shape index (κ2) is 9.16. The lowest BCUT2D eigenvalue weighted by molar-refractivity contribution is 0.244. The molecule has 3 heteroatoms. The first-order valence-corrected chi connectivity index (χ1v) is 9.45. The number of benzene rings is 1. The molecule has 4 rings (SSSR count). The van der Waals surface area contributed by atoms with Gasteiger partial charge in [0.2, 0.25) is 0 Å². The average Bonchev–Trinajstić information content (AvgIpc) is 2.70. The fourth-order valence-corrected chi connectivity index (χ4v) is 4.09. The average molecular weight is 367 g/mol. The van der Waals surface area contributed by atoms with Crippen molar-refractivity contribution in [2.45, 2.75) is 25.7 Å². The molecule has 0 spiro atoms. The van der Waals surface area contributed by atoms with Gasteiger partial charge in [-0.05, 0) is 59.9 Å². The summed E-state index contributed by atoms with van der Waals surface area (Å²) >= 11 is 0. The first-order chi connectivity index (χ1) is 12.4. The maximum absolute atomic E-state index is 4.28. The first kappa shape index (κ1) is 18.9. The zero-order valence-electron chi connectivity index (χ0n) is 15.2. The minimum atomic E-state index is 0. The lowest BCUT2D eigenvalue weighted by atomic mass is 9.85. The fourth-order valence-electron chi connectivity index (χ4n) is 4.09. The normalized spacial score (nSPS) is 20.7. The zero-order valence-corrected chi connectivity index (χ0v) is 16.0. The Labute approximate surface area is 163 Å². The Morgan fingerprint density at radius 3 is 2.54 bits per heavy atom. The SMILES string of the molecule is C1=C(c2ccccc2)CCN(CC2CCC=C(c3cccnc3)C2)C1.Cl. The van der Waals surface area contributed by atoms with Gasteiger partial charge in [-0.25, -0.2) is 0 Å². The Kier molecular flexibility index (Phi) is 6.65. The summed E-state index contributed by atoms with van der Waals surface area (Å²) in [4.78, 5) is 6.91. The Morgan fingerprint density at radius 1 is 0.962 bits per heavy atom. The molecule has 0 N–H and O–H groups in total. The van der Waals surface area contributed by atoms with Crippen molar-refractivity contribution in [2.24, 2.45) is 5.92 Å². The molecule has 2 nitrogen and oxygen atoms in total. The molecule has 2 aromatic rings. The molecule has 1 aromatic carbocycles. The van der Waals surface area contributed by atoms with Crippen LogP contribution >= 0.6 is 12.4 Å². The number of pyridine rings is 1. The van der Waals surface area contributed by atoms with E-state index in [1.54, 1.807) is 0 Å². The van der Waals surface area contributed by atoms with Crippen molar-refractivity contribution in [2.75, 3.05) is 19.6 Å². The van der Waals surface area contributed by atoms with Crippen LogP contribution in [0.1, 0.15) is 36.8 Å². The standard InChI is InChI=1S/C23H26N2.ClH/c1-2-7-20(8-3-1)21-11-14-25(15-12-21)18-19-6-4-9-22(16-19)23-10-5-13-24-17-23;/h1-3,5,7-11,13,17,19H,4,6,12,14-16,18H2;1H. The van der Waals surface area contributed by atoms with Gasteiger partial charge in [0.25, 0.3) is 0 Å². The van der Waals surface area contributed by atoms with E-state index >= 15 is 0 Å². The smallest absolute Gasteiger partial charge is 0.0342 e. The van der Waals surface area contributed by atoms with Gasteiger partial charge in [0.15, 0.2) is 0 Å². The molecule has 0 fully saturated rings. The van der Waals surface area contributed by atoms with Crippen molar-refractivity contribution in [3.05, 3.63) is 78.1 Å². The van der Waals surface area contributed by atoms with Crippen LogP contribution in [0.15, 0.2) is 67.0 Å². The number of hydrogen-bond acceptors (Lipinski definition) is 2. The Morgan fingerprint density at radius 2 is 1.81 bits per heavy atom. The molecule has 0 bridgehead atoms. The minimum absolute atomic E-state index is 0. The highest BCUT2D eigenvalue weighted by Crippen LogP contribution is 2.32. The molecule has 0 saturated carbocycles. The van der Waals surface area contributed by atoms with Gasteiger partial charge in [-0.15, -0.1) is 12.4 Å². The van der Waals surface area contributed by atoms with E-state index in [1.165, 1.54) is 61.0 Å². The molecule has 2 heterocycles. The molecule has 1 unspecified atom stereocenters. The van der Waals surface area contributed by atoms with Crippen molar-refractivity contribution in [1.82, 2.24) is 9.88 Å². The highest BCUT2D eigenvalue weighted by molar-refractivity contribution is 5.85. The number of halogens is 1. The molecule has 2 aliphatic rings. The van der Waals surface area contributed by atoms with Crippen LogP contribution in [0, 0.1) is 5.92 Å². The molecule has 136 valence electrons. The summed E-state index contributed by atoms with van der Waals surface area (Å²) in [7, 11) is 0. The third-order valence-electron chi connectivity index (χ3n) is 5.46. The zero-order chi connectivity index (χ0) is 16.9. The van der Waals surface area contributed by atoms with Crippen molar-refractivity contribution in [3.8, 4) is 0 Å². The number of hydrogen-bond donors (Lipinski definition) is 0. The van der Waals surface area contributed by atoms with Crippen LogP contribution in [0.25, 0.3) is 11.1 Å². The van der Waals surface area contributed by atoms with Gasteiger partial charge in [-0.1, -0.05) is 48.6 Å². The largest absolute Gasteiger partial charge is 0.299 e. The van der Waals surface area contributed by atoms with Crippen LogP contribution in [0.5, 0.6) is 0 Å². The van der Waals surface area contributed by atoms with Gasteiger partial charge in [0, 0.05) is 32.0 Å². The Bertz CT molecular complexity index is 752. The molecule has 26 heavy (non-hydrogen) atoms. The summed E-state index contributed by atoms with van der Waals surface area (Å²) in [5.41, 5.74) is 5.69. The van der Waals surface area contributed by atoms with Crippen LogP contribution in [0.3, 0.4) is 0 Å².